The van der Waals surface area contributed by atoms with E-state index < -0.39 is 0 Å². The van der Waals surface area contributed by atoms with E-state index in [1.54, 1.807) is 0 Å². The highest BCUT2D eigenvalue weighted by Crippen LogP contribution is 2.22. The fourth-order valence-corrected chi connectivity index (χ4v) is 2.08. The molecule has 1 amide bonds. The number of hydrogen-bond acceptors (Lipinski definition) is 2. The molecule has 0 heterocycles. The van der Waals surface area contributed by atoms with Gasteiger partial charge < -0.3 is 11.1 Å². The standard InChI is InChI=1S/C14H21BrN2O/c1-10(6-5-7-11(2)16)14(18)17-13-9-4-3-8-12(13)15/h3-4,8-11H,5-7,16H2,1-2H3,(H,17,18). The third kappa shape index (κ3) is 5.19. The Balaban J connectivity index is 2.43. The molecule has 3 N–H and O–H groups in total. The van der Waals surface area contributed by atoms with Crippen LogP contribution in [0.25, 0.3) is 0 Å². The van der Waals surface area contributed by atoms with Gasteiger partial charge in [0.1, 0.15) is 0 Å². The highest BCUT2D eigenvalue weighted by molar-refractivity contribution is 9.10. The Labute approximate surface area is 117 Å². The first-order valence-corrected chi connectivity index (χ1v) is 7.11. The summed E-state index contributed by atoms with van der Waals surface area (Å²) in [6.07, 6.45) is 2.83. The van der Waals surface area contributed by atoms with Crippen LogP contribution in [0.1, 0.15) is 33.1 Å². The molecule has 100 valence electrons. The molecule has 3 nitrogen and oxygen atoms in total. The van der Waals surface area contributed by atoms with Crippen LogP contribution in [0.5, 0.6) is 0 Å². The fraction of sp³-hybridized carbons (Fsp3) is 0.500. The molecule has 0 saturated heterocycles. The number of nitrogens with one attached hydrogen (secondary N) is 1. The Bertz CT molecular complexity index is 393. The highest BCUT2D eigenvalue weighted by Gasteiger charge is 2.13. The summed E-state index contributed by atoms with van der Waals surface area (Å²) < 4.78 is 0.904. The maximum absolute atomic E-state index is 12.0. The summed E-state index contributed by atoms with van der Waals surface area (Å²) in [4.78, 5) is 12.0. The number of amides is 1. The summed E-state index contributed by atoms with van der Waals surface area (Å²) in [6, 6.07) is 7.84. The molecule has 2 unspecified atom stereocenters. The van der Waals surface area contributed by atoms with Crippen LogP contribution in [-0.4, -0.2) is 11.9 Å². The minimum absolute atomic E-state index is 0.0101. The van der Waals surface area contributed by atoms with Gasteiger partial charge in [0, 0.05) is 16.4 Å². The zero-order valence-corrected chi connectivity index (χ0v) is 12.5. The maximum Gasteiger partial charge on any atom is 0.227 e. The van der Waals surface area contributed by atoms with Crippen molar-refractivity contribution >= 4 is 27.5 Å². The normalized spacial score (nSPS) is 14.0. The zero-order valence-electron chi connectivity index (χ0n) is 10.9. The second-order valence-corrected chi connectivity index (χ2v) is 5.63. The van der Waals surface area contributed by atoms with Crippen molar-refractivity contribution in [3.05, 3.63) is 28.7 Å². The highest BCUT2D eigenvalue weighted by atomic mass is 79.9. The van der Waals surface area contributed by atoms with Crippen LogP contribution in [-0.2, 0) is 4.79 Å². The van der Waals surface area contributed by atoms with Gasteiger partial charge in [-0.1, -0.05) is 25.5 Å². The van der Waals surface area contributed by atoms with Gasteiger partial charge in [-0.15, -0.1) is 0 Å². The number of benzene rings is 1. The van der Waals surface area contributed by atoms with Crippen LogP contribution in [0, 0.1) is 5.92 Å². The third-order valence-electron chi connectivity index (χ3n) is 2.88. The van der Waals surface area contributed by atoms with Crippen molar-refractivity contribution in [1.29, 1.82) is 0 Å². The van der Waals surface area contributed by atoms with E-state index in [2.05, 4.69) is 21.2 Å². The zero-order chi connectivity index (χ0) is 13.5. The lowest BCUT2D eigenvalue weighted by Crippen LogP contribution is -2.21. The predicted octanol–water partition coefficient (Wildman–Crippen LogP) is 3.54. The molecule has 0 aromatic heterocycles. The average Bonchev–Trinajstić information content (AvgIpc) is 2.31. The van der Waals surface area contributed by atoms with Crippen LogP contribution in [0.2, 0.25) is 0 Å². The van der Waals surface area contributed by atoms with E-state index in [1.165, 1.54) is 0 Å². The van der Waals surface area contributed by atoms with E-state index in [1.807, 2.05) is 38.1 Å². The molecule has 1 aromatic rings. The van der Waals surface area contributed by atoms with Gasteiger partial charge in [0.2, 0.25) is 5.91 Å². The summed E-state index contributed by atoms with van der Waals surface area (Å²) in [7, 11) is 0. The van der Waals surface area contributed by atoms with Gasteiger partial charge in [0.25, 0.3) is 0 Å². The lowest BCUT2D eigenvalue weighted by Gasteiger charge is -2.13. The van der Waals surface area contributed by atoms with Gasteiger partial charge in [0.15, 0.2) is 0 Å². The number of carbonyl (C=O) groups is 1. The number of rotatable bonds is 6. The van der Waals surface area contributed by atoms with Crippen LogP contribution >= 0.6 is 15.9 Å². The molecular weight excluding hydrogens is 292 g/mol. The van der Waals surface area contributed by atoms with Crippen molar-refractivity contribution in [3.63, 3.8) is 0 Å². The van der Waals surface area contributed by atoms with Crippen molar-refractivity contribution in [2.24, 2.45) is 11.7 Å². The lowest BCUT2D eigenvalue weighted by molar-refractivity contribution is -0.119. The Morgan fingerprint density at radius 2 is 2.00 bits per heavy atom. The average molecular weight is 313 g/mol. The van der Waals surface area contributed by atoms with Gasteiger partial charge in [0.05, 0.1) is 5.69 Å². The Morgan fingerprint density at radius 1 is 1.33 bits per heavy atom. The lowest BCUT2D eigenvalue weighted by atomic mass is 10.0. The fourth-order valence-electron chi connectivity index (χ4n) is 1.70. The quantitative estimate of drug-likeness (QED) is 0.844. The summed E-state index contributed by atoms with van der Waals surface area (Å²) in [5.74, 6) is 0.0717. The van der Waals surface area contributed by atoms with E-state index in [9.17, 15) is 4.79 Å². The van der Waals surface area contributed by atoms with Crippen molar-refractivity contribution in [1.82, 2.24) is 0 Å². The summed E-state index contributed by atoms with van der Waals surface area (Å²) in [5.41, 5.74) is 6.51. The molecule has 1 aromatic carbocycles. The number of anilines is 1. The molecule has 4 heteroatoms. The van der Waals surface area contributed by atoms with E-state index in [4.69, 9.17) is 5.73 Å². The first kappa shape index (κ1) is 15.2. The second kappa shape index (κ2) is 7.54. The van der Waals surface area contributed by atoms with E-state index in [-0.39, 0.29) is 17.9 Å². The minimum Gasteiger partial charge on any atom is -0.328 e. The third-order valence-corrected chi connectivity index (χ3v) is 3.57. The molecule has 18 heavy (non-hydrogen) atoms. The van der Waals surface area contributed by atoms with Crippen molar-refractivity contribution in [3.8, 4) is 0 Å². The SMILES string of the molecule is CC(N)CCCC(C)C(=O)Nc1ccccc1Br. The largest absolute Gasteiger partial charge is 0.328 e. The van der Waals surface area contributed by atoms with Gasteiger partial charge in [-0.05, 0) is 47.8 Å². The first-order chi connectivity index (χ1) is 8.50. The number of halogens is 1. The molecule has 0 aliphatic rings. The van der Waals surface area contributed by atoms with Crippen molar-refractivity contribution in [2.75, 3.05) is 5.32 Å². The molecule has 0 spiro atoms. The van der Waals surface area contributed by atoms with Crippen LogP contribution < -0.4 is 11.1 Å². The molecule has 0 bridgehead atoms. The number of para-hydroxylation sites is 1. The van der Waals surface area contributed by atoms with Crippen LogP contribution in [0.3, 0.4) is 0 Å². The van der Waals surface area contributed by atoms with E-state index in [0.29, 0.717) is 0 Å². The molecule has 1 rings (SSSR count). The number of hydrogen-bond donors (Lipinski definition) is 2. The molecular formula is C14H21BrN2O. The molecule has 0 aliphatic heterocycles. The molecule has 0 saturated carbocycles. The summed E-state index contributed by atoms with van der Waals surface area (Å²) >= 11 is 3.41. The van der Waals surface area contributed by atoms with E-state index in [0.717, 1.165) is 29.4 Å². The summed E-state index contributed by atoms with van der Waals surface area (Å²) in [6.45, 7) is 3.94. The Morgan fingerprint density at radius 3 is 2.61 bits per heavy atom. The second-order valence-electron chi connectivity index (χ2n) is 4.78. The molecule has 0 fully saturated rings. The maximum atomic E-state index is 12.0. The topological polar surface area (TPSA) is 55.1 Å². The van der Waals surface area contributed by atoms with Gasteiger partial charge in [-0.2, -0.15) is 0 Å². The van der Waals surface area contributed by atoms with Crippen LogP contribution in [0.15, 0.2) is 28.7 Å². The van der Waals surface area contributed by atoms with Crippen molar-refractivity contribution in [2.45, 2.75) is 39.2 Å². The summed E-state index contributed by atoms with van der Waals surface area (Å²) in [5, 5.41) is 2.93. The molecule has 0 radical (unpaired) electrons. The smallest absolute Gasteiger partial charge is 0.227 e. The molecule has 2 atom stereocenters. The van der Waals surface area contributed by atoms with Gasteiger partial charge >= 0.3 is 0 Å². The number of nitrogens with two attached hydrogens (primary N) is 1. The number of carbonyl (C=O) groups excluding carboxylic acids is 1. The monoisotopic (exact) mass is 312 g/mol. The first-order valence-electron chi connectivity index (χ1n) is 6.31. The molecule has 0 aliphatic carbocycles. The van der Waals surface area contributed by atoms with Gasteiger partial charge in [-0.25, -0.2) is 0 Å². The van der Waals surface area contributed by atoms with Crippen molar-refractivity contribution < 1.29 is 4.79 Å². The van der Waals surface area contributed by atoms with Gasteiger partial charge in [-0.3, -0.25) is 4.79 Å². The van der Waals surface area contributed by atoms with Crippen LogP contribution in [0.4, 0.5) is 5.69 Å². The Hall–Kier alpha value is -0.870. The minimum atomic E-state index is 0.0101. The predicted molar refractivity (Wildman–Crippen MR) is 79.4 cm³/mol. The van der Waals surface area contributed by atoms with E-state index >= 15 is 0 Å². The Kier molecular flexibility index (Phi) is 6.36.